The molecule has 0 unspecified atom stereocenters. The van der Waals surface area contributed by atoms with Crippen LogP contribution in [0.15, 0.2) is 72.0 Å². The van der Waals surface area contributed by atoms with Gasteiger partial charge in [0.05, 0.1) is 11.9 Å². The van der Waals surface area contributed by atoms with Gasteiger partial charge in [0.1, 0.15) is 5.69 Å². The van der Waals surface area contributed by atoms with Crippen molar-refractivity contribution in [2.24, 2.45) is 5.10 Å². The minimum Gasteiger partial charge on any atom is -0.359 e. The number of nitrogens with one attached hydrogen (secondary N) is 2. The van der Waals surface area contributed by atoms with Crippen LogP contribution in [-0.4, -0.2) is 27.1 Å². The highest BCUT2D eigenvalue weighted by molar-refractivity contribution is 7.80. The normalized spacial score (nSPS) is 14.8. The van der Waals surface area contributed by atoms with E-state index in [2.05, 4.69) is 28.0 Å². The number of nitrogens with zero attached hydrogens (tertiary/aromatic N) is 3. The minimum atomic E-state index is 0.458. The molecule has 1 heterocycles. The second-order valence-corrected chi connectivity index (χ2v) is 7.67. The van der Waals surface area contributed by atoms with Crippen molar-refractivity contribution in [1.29, 1.82) is 0 Å². The summed E-state index contributed by atoms with van der Waals surface area (Å²) in [6.07, 6.45) is 9.97. The van der Waals surface area contributed by atoms with Crippen LogP contribution in [0.5, 0.6) is 0 Å². The van der Waals surface area contributed by atoms with E-state index in [1.165, 1.54) is 32.1 Å². The summed E-state index contributed by atoms with van der Waals surface area (Å²) in [4.78, 5) is 0. The first-order chi connectivity index (χ1) is 14.3. The van der Waals surface area contributed by atoms with Gasteiger partial charge in [-0.3, -0.25) is 5.43 Å². The molecule has 0 bridgehead atoms. The van der Waals surface area contributed by atoms with Gasteiger partial charge in [-0.2, -0.15) is 10.2 Å². The highest BCUT2D eigenvalue weighted by atomic mass is 32.1. The summed E-state index contributed by atoms with van der Waals surface area (Å²) in [6.45, 7) is 0. The summed E-state index contributed by atoms with van der Waals surface area (Å²) >= 11 is 5.40. The van der Waals surface area contributed by atoms with E-state index < -0.39 is 0 Å². The standard InChI is InChI=1S/C23H25N5S/c29-23(25-20-12-6-2-7-13-20)26-24-16-19-17-28(21-14-8-3-9-15-21)27-22(19)18-10-4-1-5-11-18/h1,3-5,8-11,14-17,20H,2,6-7,12-13H2,(H2,25,26,29). The van der Waals surface area contributed by atoms with Gasteiger partial charge in [0.2, 0.25) is 0 Å². The third-order valence-electron chi connectivity index (χ3n) is 5.12. The molecule has 3 aromatic rings. The summed E-state index contributed by atoms with van der Waals surface area (Å²) in [5, 5.41) is 13.1. The fraction of sp³-hybridized carbons (Fsp3) is 0.261. The van der Waals surface area contributed by atoms with Crippen molar-refractivity contribution in [3.05, 3.63) is 72.4 Å². The van der Waals surface area contributed by atoms with E-state index in [1.54, 1.807) is 6.21 Å². The molecule has 1 aliphatic rings. The van der Waals surface area contributed by atoms with Crippen LogP contribution in [0, 0.1) is 0 Å². The molecular weight excluding hydrogens is 378 g/mol. The summed E-state index contributed by atoms with van der Waals surface area (Å²) in [6, 6.07) is 20.7. The zero-order valence-electron chi connectivity index (χ0n) is 16.3. The Morgan fingerprint density at radius 1 is 1.00 bits per heavy atom. The number of para-hydroxylation sites is 1. The Hall–Kier alpha value is -2.99. The van der Waals surface area contributed by atoms with Gasteiger partial charge in [0.25, 0.3) is 0 Å². The molecule has 0 radical (unpaired) electrons. The molecule has 1 saturated carbocycles. The van der Waals surface area contributed by atoms with E-state index in [9.17, 15) is 0 Å². The fourth-order valence-corrected chi connectivity index (χ4v) is 3.86. The first-order valence-electron chi connectivity index (χ1n) is 10.1. The second kappa shape index (κ2) is 9.47. The first-order valence-corrected chi connectivity index (χ1v) is 10.5. The van der Waals surface area contributed by atoms with Gasteiger partial charge in [-0.25, -0.2) is 4.68 Å². The number of hydrogen-bond acceptors (Lipinski definition) is 3. The lowest BCUT2D eigenvalue weighted by atomic mass is 9.96. The molecule has 1 fully saturated rings. The largest absolute Gasteiger partial charge is 0.359 e. The maximum Gasteiger partial charge on any atom is 0.187 e. The van der Waals surface area contributed by atoms with Crippen LogP contribution in [0.2, 0.25) is 0 Å². The van der Waals surface area contributed by atoms with Gasteiger partial charge in [-0.05, 0) is 37.2 Å². The number of hydrazone groups is 1. The third kappa shape index (κ3) is 5.09. The molecule has 0 aliphatic heterocycles. The van der Waals surface area contributed by atoms with E-state index in [4.69, 9.17) is 17.3 Å². The van der Waals surface area contributed by atoms with Crippen molar-refractivity contribution in [2.75, 3.05) is 0 Å². The molecule has 0 amide bonds. The highest BCUT2D eigenvalue weighted by Gasteiger charge is 2.14. The highest BCUT2D eigenvalue weighted by Crippen LogP contribution is 2.22. The molecule has 148 valence electrons. The lowest BCUT2D eigenvalue weighted by Crippen LogP contribution is -2.40. The van der Waals surface area contributed by atoms with Crippen molar-refractivity contribution in [1.82, 2.24) is 20.5 Å². The first kappa shape index (κ1) is 19.3. The molecule has 2 N–H and O–H groups in total. The second-order valence-electron chi connectivity index (χ2n) is 7.26. The van der Waals surface area contributed by atoms with Crippen molar-refractivity contribution in [2.45, 2.75) is 38.1 Å². The minimum absolute atomic E-state index is 0.458. The Labute approximate surface area is 176 Å². The fourth-order valence-electron chi connectivity index (χ4n) is 3.64. The number of aromatic nitrogens is 2. The van der Waals surface area contributed by atoms with E-state index >= 15 is 0 Å². The topological polar surface area (TPSA) is 54.2 Å². The number of benzene rings is 2. The van der Waals surface area contributed by atoms with Gasteiger partial charge in [-0.15, -0.1) is 0 Å². The quantitative estimate of drug-likeness (QED) is 0.369. The van der Waals surface area contributed by atoms with Crippen molar-refractivity contribution < 1.29 is 0 Å². The SMILES string of the molecule is S=C(NN=Cc1cn(-c2ccccc2)nc1-c1ccccc1)NC1CCCCC1. The molecule has 0 atom stereocenters. The van der Waals surface area contributed by atoms with E-state index in [0.29, 0.717) is 11.2 Å². The Morgan fingerprint density at radius 2 is 1.69 bits per heavy atom. The molecule has 1 aliphatic carbocycles. The molecule has 1 aromatic heterocycles. The summed E-state index contributed by atoms with van der Waals surface area (Å²) in [5.41, 5.74) is 6.82. The average molecular weight is 404 g/mol. The number of rotatable bonds is 5. The number of hydrogen-bond donors (Lipinski definition) is 2. The van der Waals surface area contributed by atoms with Crippen molar-refractivity contribution in [3.8, 4) is 16.9 Å². The van der Waals surface area contributed by atoms with Crippen molar-refractivity contribution in [3.63, 3.8) is 0 Å². The van der Waals surface area contributed by atoms with E-state index in [-0.39, 0.29) is 0 Å². The summed E-state index contributed by atoms with van der Waals surface area (Å²) in [7, 11) is 0. The molecule has 5 nitrogen and oxygen atoms in total. The van der Waals surface area contributed by atoms with Crippen LogP contribution in [0.1, 0.15) is 37.7 Å². The van der Waals surface area contributed by atoms with Crippen LogP contribution in [0.25, 0.3) is 16.9 Å². The Morgan fingerprint density at radius 3 is 2.41 bits per heavy atom. The van der Waals surface area contributed by atoms with Gasteiger partial charge in [0.15, 0.2) is 5.11 Å². The predicted octanol–water partition coefficient (Wildman–Crippen LogP) is 4.67. The van der Waals surface area contributed by atoms with Crippen LogP contribution in [0.3, 0.4) is 0 Å². The maximum absolute atomic E-state index is 5.40. The van der Waals surface area contributed by atoms with Gasteiger partial charge >= 0.3 is 0 Å². The van der Waals surface area contributed by atoms with Crippen LogP contribution in [-0.2, 0) is 0 Å². The van der Waals surface area contributed by atoms with Gasteiger partial charge in [-0.1, -0.05) is 67.8 Å². The van der Waals surface area contributed by atoms with Gasteiger partial charge < -0.3 is 5.32 Å². The molecule has 0 saturated heterocycles. The zero-order chi connectivity index (χ0) is 19.9. The van der Waals surface area contributed by atoms with Crippen LogP contribution < -0.4 is 10.7 Å². The molecular formula is C23H25N5S. The van der Waals surface area contributed by atoms with E-state index in [0.717, 1.165) is 22.5 Å². The molecule has 4 rings (SSSR count). The Bertz CT molecular complexity index is 959. The van der Waals surface area contributed by atoms with Crippen molar-refractivity contribution >= 4 is 23.5 Å². The molecule has 2 aromatic carbocycles. The summed E-state index contributed by atoms with van der Waals surface area (Å²) < 4.78 is 1.88. The molecule has 29 heavy (non-hydrogen) atoms. The smallest absolute Gasteiger partial charge is 0.187 e. The Balaban J connectivity index is 1.51. The van der Waals surface area contributed by atoms with Gasteiger partial charge in [0, 0.05) is 23.4 Å². The number of thiocarbonyl (C=S) groups is 1. The summed E-state index contributed by atoms with van der Waals surface area (Å²) in [5.74, 6) is 0. The monoisotopic (exact) mass is 403 g/mol. The van der Waals surface area contributed by atoms with E-state index in [1.807, 2.05) is 59.4 Å². The average Bonchev–Trinajstić information content (AvgIpc) is 3.20. The lowest BCUT2D eigenvalue weighted by molar-refractivity contribution is 0.412. The third-order valence-corrected chi connectivity index (χ3v) is 5.33. The Kier molecular flexibility index (Phi) is 6.32. The predicted molar refractivity (Wildman–Crippen MR) is 122 cm³/mol. The molecule has 0 spiro atoms. The van der Waals surface area contributed by atoms with Crippen LogP contribution >= 0.6 is 12.2 Å². The zero-order valence-corrected chi connectivity index (χ0v) is 17.1. The molecule has 6 heteroatoms. The lowest BCUT2D eigenvalue weighted by Gasteiger charge is -2.23. The van der Waals surface area contributed by atoms with Crippen LogP contribution in [0.4, 0.5) is 0 Å². The maximum atomic E-state index is 5.40.